The van der Waals surface area contributed by atoms with Crippen molar-refractivity contribution in [2.45, 2.75) is 71.3 Å². The minimum Gasteiger partial charge on any atom is -0.314 e. The van der Waals surface area contributed by atoms with Crippen LogP contribution in [0.2, 0.25) is 0 Å². The maximum Gasteiger partial charge on any atom is 0.00683 e. The van der Waals surface area contributed by atoms with Gasteiger partial charge < -0.3 is 5.32 Å². The smallest absolute Gasteiger partial charge is 0.00683 e. The summed E-state index contributed by atoms with van der Waals surface area (Å²) in [5.41, 5.74) is 0. The zero-order valence-electron chi connectivity index (χ0n) is 11.2. The number of allylic oxidation sites excluding steroid dienone is 1. The van der Waals surface area contributed by atoms with E-state index in [0.717, 1.165) is 12.0 Å². The Labute approximate surface area is 102 Å². The van der Waals surface area contributed by atoms with Gasteiger partial charge in [-0.05, 0) is 38.1 Å². The maximum atomic E-state index is 3.54. The van der Waals surface area contributed by atoms with Gasteiger partial charge in [-0.1, -0.05) is 51.7 Å². The molecule has 94 valence electrons. The average molecular weight is 223 g/mol. The lowest BCUT2D eigenvalue weighted by Gasteiger charge is -2.11. The fourth-order valence-corrected chi connectivity index (χ4v) is 2.05. The minimum absolute atomic E-state index is 0.862. The standard InChI is InChI=1S/C15H29N/c1-3-5-9-14(4-2)10-7-6-8-13-16-15-11-12-15/h6-7,14-16H,3-5,8-13H2,1-2H3. The van der Waals surface area contributed by atoms with Crippen LogP contribution in [0.3, 0.4) is 0 Å². The van der Waals surface area contributed by atoms with Gasteiger partial charge in [-0.3, -0.25) is 0 Å². The zero-order valence-corrected chi connectivity index (χ0v) is 11.2. The van der Waals surface area contributed by atoms with Gasteiger partial charge in [0.2, 0.25) is 0 Å². The molecule has 0 bridgehead atoms. The lowest BCUT2D eigenvalue weighted by atomic mass is 9.96. The van der Waals surface area contributed by atoms with Crippen LogP contribution >= 0.6 is 0 Å². The third-order valence-corrected chi connectivity index (χ3v) is 3.50. The highest BCUT2D eigenvalue weighted by Crippen LogP contribution is 2.18. The van der Waals surface area contributed by atoms with Crippen molar-refractivity contribution in [3.63, 3.8) is 0 Å². The van der Waals surface area contributed by atoms with Crippen LogP contribution in [-0.2, 0) is 0 Å². The van der Waals surface area contributed by atoms with E-state index >= 15 is 0 Å². The van der Waals surface area contributed by atoms with Crippen LogP contribution in [0.1, 0.15) is 65.2 Å². The van der Waals surface area contributed by atoms with E-state index in [2.05, 4.69) is 31.3 Å². The van der Waals surface area contributed by atoms with Crippen molar-refractivity contribution in [1.82, 2.24) is 5.32 Å². The van der Waals surface area contributed by atoms with Crippen LogP contribution in [-0.4, -0.2) is 12.6 Å². The Morgan fingerprint density at radius 1 is 1.25 bits per heavy atom. The van der Waals surface area contributed by atoms with Gasteiger partial charge in [0.1, 0.15) is 0 Å². The van der Waals surface area contributed by atoms with Crippen LogP contribution in [0, 0.1) is 5.92 Å². The molecule has 0 aliphatic heterocycles. The highest BCUT2D eigenvalue weighted by Gasteiger charge is 2.19. The van der Waals surface area contributed by atoms with E-state index in [1.807, 2.05) is 0 Å². The molecule has 0 aromatic carbocycles. The van der Waals surface area contributed by atoms with Crippen LogP contribution in [0.5, 0.6) is 0 Å². The maximum absolute atomic E-state index is 3.54. The molecule has 0 aromatic rings. The summed E-state index contributed by atoms with van der Waals surface area (Å²) in [6.07, 6.45) is 15.6. The van der Waals surface area contributed by atoms with E-state index in [4.69, 9.17) is 0 Å². The average Bonchev–Trinajstić information content (AvgIpc) is 3.11. The fraction of sp³-hybridized carbons (Fsp3) is 0.867. The molecule has 1 saturated carbocycles. The second-order valence-electron chi connectivity index (χ2n) is 5.14. The molecule has 1 unspecified atom stereocenters. The third kappa shape index (κ3) is 7.05. The van der Waals surface area contributed by atoms with Crippen molar-refractivity contribution in [3.8, 4) is 0 Å². The highest BCUT2D eigenvalue weighted by atomic mass is 14.9. The lowest BCUT2D eigenvalue weighted by Crippen LogP contribution is -2.16. The predicted octanol–water partition coefficient (Wildman–Crippen LogP) is 4.29. The van der Waals surface area contributed by atoms with Crippen molar-refractivity contribution < 1.29 is 0 Å². The molecule has 0 radical (unpaired) electrons. The van der Waals surface area contributed by atoms with E-state index in [-0.39, 0.29) is 0 Å². The van der Waals surface area contributed by atoms with Gasteiger partial charge >= 0.3 is 0 Å². The Balaban J connectivity index is 1.94. The van der Waals surface area contributed by atoms with E-state index in [1.54, 1.807) is 0 Å². The van der Waals surface area contributed by atoms with Gasteiger partial charge in [0.05, 0.1) is 0 Å². The lowest BCUT2D eigenvalue weighted by molar-refractivity contribution is 0.456. The summed E-state index contributed by atoms with van der Waals surface area (Å²) in [6, 6.07) is 0.862. The van der Waals surface area contributed by atoms with Crippen molar-refractivity contribution in [1.29, 1.82) is 0 Å². The molecule has 1 heteroatoms. The molecule has 1 aliphatic rings. The number of nitrogens with one attached hydrogen (secondary N) is 1. The molecular weight excluding hydrogens is 194 g/mol. The number of unbranched alkanes of at least 4 members (excludes halogenated alkanes) is 1. The van der Waals surface area contributed by atoms with Crippen molar-refractivity contribution in [2.75, 3.05) is 6.54 Å². The third-order valence-electron chi connectivity index (χ3n) is 3.50. The number of hydrogen-bond donors (Lipinski definition) is 1. The fourth-order valence-electron chi connectivity index (χ4n) is 2.05. The van der Waals surface area contributed by atoms with E-state index < -0.39 is 0 Å². The van der Waals surface area contributed by atoms with E-state index in [9.17, 15) is 0 Å². The van der Waals surface area contributed by atoms with Gasteiger partial charge in [0.25, 0.3) is 0 Å². The van der Waals surface area contributed by atoms with Gasteiger partial charge in [-0.25, -0.2) is 0 Å². The van der Waals surface area contributed by atoms with Crippen molar-refractivity contribution in [3.05, 3.63) is 12.2 Å². The Hall–Kier alpha value is -0.300. The van der Waals surface area contributed by atoms with Crippen LogP contribution < -0.4 is 5.32 Å². The second kappa shape index (κ2) is 8.81. The van der Waals surface area contributed by atoms with Gasteiger partial charge in [0, 0.05) is 6.04 Å². The molecule has 0 heterocycles. The molecule has 1 fully saturated rings. The minimum atomic E-state index is 0.862. The summed E-state index contributed by atoms with van der Waals surface area (Å²) in [5, 5.41) is 3.54. The largest absolute Gasteiger partial charge is 0.314 e. The predicted molar refractivity (Wildman–Crippen MR) is 72.7 cm³/mol. The number of rotatable bonds is 10. The molecule has 1 aliphatic carbocycles. The normalized spacial score (nSPS) is 18.1. The monoisotopic (exact) mass is 223 g/mol. The topological polar surface area (TPSA) is 12.0 Å². The molecule has 1 atom stereocenters. The highest BCUT2D eigenvalue weighted by molar-refractivity contribution is 4.86. The van der Waals surface area contributed by atoms with E-state index in [0.29, 0.717) is 0 Å². The quantitative estimate of drug-likeness (QED) is 0.430. The summed E-state index contributed by atoms with van der Waals surface area (Å²) in [6.45, 7) is 5.78. The summed E-state index contributed by atoms with van der Waals surface area (Å²) >= 11 is 0. The van der Waals surface area contributed by atoms with Crippen molar-refractivity contribution >= 4 is 0 Å². The van der Waals surface area contributed by atoms with E-state index in [1.165, 1.54) is 57.9 Å². The Bertz CT molecular complexity index is 182. The molecule has 1 nitrogen and oxygen atoms in total. The van der Waals surface area contributed by atoms with Gasteiger partial charge in [-0.2, -0.15) is 0 Å². The molecule has 0 amide bonds. The molecular formula is C15H29N. The Morgan fingerprint density at radius 3 is 2.69 bits per heavy atom. The molecule has 0 saturated heterocycles. The summed E-state index contributed by atoms with van der Waals surface area (Å²) in [4.78, 5) is 0. The van der Waals surface area contributed by atoms with Crippen molar-refractivity contribution in [2.24, 2.45) is 5.92 Å². The Kier molecular flexibility index (Phi) is 7.58. The summed E-state index contributed by atoms with van der Waals surface area (Å²) in [7, 11) is 0. The Morgan fingerprint density at radius 2 is 2.06 bits per heavy atom. The first-order valence-electron chi connectivity index (χ1n) is 7.25. The molecule has 1 rings (SSSR count). The first-order valence-corrected chi connectivity index (χ1v) is 7.25. The summed E-state index contributed by atoms with van der Waals surface area (Å²) in [5.74, 6) is 0.924. The van der Waals surface area contributed by atoms with Gasteiger partial charge in [-0.15, -0.1) is 0 Å². The zero-order chi connectivity index (χ0) is 11.6. The molecule has 0 aromatic heterocycles. The molecule has 0 spiro atoms. The molecule has 16 heavy (non-hydrogen) atoms. The van der Waals surface area contributed by atoms with Crippen LogP contribution in [0.15, 0.2) is 12.2 Å². The van der Waals surface area contributed by atoms with Crippen LogP contribution in [0.25, 0.3) is 0 Å². The molecule has 1 N–H and O–H groups in total. The number of hydrogen-bond acceptors (Lipinski definition) is 1. The SMILES string of the molecule is CCCCC(CC)CC=CCCNC1CC1. The van der Waals surface area contributed by atoms with Crippen LogP contribution in [0.4, 0.5) is 0 Å². The van der Waals surface area contributed by atoms with Gasteiger partial charge in [0.15, 0.2) is 0 Å². The summed E-state index contributed by atoms with van der Waals surface area (Å²) < 4.78 is 0. The first kappa shape index (κ1) is 13.8. The second-order valence-corrected chi connectivity index (χ2v) is 5.14. The first-order chi connectivity index (χ1) is 7.86.